The Bertz CT molecular complexity index is 817. The highest BCUT2D eigenvalue weighted by atomic mass is 35.5. The number of fused-ring (bicyclic) bond motifs is 1. The molecule has 0 radical (unpaired) electrons. The van der Waals surface area contributed by atoms with Crippen LogP contribution in [0.25, 0.3) is 10.2 Å². The molecule has 0 fully saturated rings. The fourth-order valence-electron chi connectivity index (χ4n) is 1.99. The van der Waals surface area contributed by atoms with E-state index in [0.717, 1.165) is 21.6 Å². The van der Waals surface area contributed by atoms with Crippen LogP contribution in [0.3, 0.4) is 0 Å². The molecule has 0 amide bonds. The molecule has 3 aromatic rings. The molecule has 3 rings (SSSR count). The number of hydrogen-bond acceptors (Lipinski definition) is 4. The molecule has 7 heteroatoms. The van der Waals surface area contributed by atoms with Gasteiger partial charge in [-0.15, -0.1) is 11.3 Å². The molecule has 0 aliphatic rings. The Balaban J connectivity index is 1.89. The summed E-state index contributed by atoms with van der Waals surface area (Å²) in [6.07, 6.45) is 0. The fraction of sp³-hybridized carbons (Fsp3) is 0.143. The SMILES string of the molecule is Cc1cc2c(NCc3ccc(Cl)c(Cl)c3)nc(Cl)nc2s1. The highest BCUT2D eigenvalue weighted by Crippen LogP contribution is 2.30. The first-order chi connectivity index (χ1) is 10.0. The lowest BCUT2D eigenvalue weighted by Crippen LogP contribution is -2.02. The summed E-state index contributed by atoms with van der Waals surface area (Å²) in [6.45, 7) is 2.61. The average molecular weight is 359 g/mol. The molecular weight excluding hydrogens is 349 g/mol. The van der Waals surface area contributed by atoms with Crippen molar-refractivity contribution in [3.05, 3.63) is 50.0 Å². The predicted molar refractivity (Wildman–Crippen MR) is 91.0 cm³/mol. The maximum atomic E-state index is 6.01. The second-order valence-corrected chi connectivity index (χ2v) is 6.91. The molecule has 0 bridgehead atoms. The number of anilines is 1. The number of benzene rings is 1. The minimum Gasteiger partial charge on any atom is -0.365 e. The van der Waals surface area contributed by atoms with Gasteiger partial charge in [-0.25, -0.2) is 9.97 Å². The van der Waals surface area contributed by atoms with Gasteiger partial charge in [-0.2, -0.15) is 0 Å². The van der Waals surface area contributed by atoms with E-state index in [1.807, 2.05) is 25.1 Å². The molecule has 0 unspecified atom stereocenters. The van der Waals surface area contributed by atoms with Crippen LogP contribution in [0.2, 0.25) is 15.3 Å². The van der Waals surface area contributed by atoms with Crippen LogP contribution in [0, 0.1) is 6.92 Å². The molecule has 3 nitrogen and oxygen atoms in total. The number of thiophene rings is 1. The summed E-state index contributed by atoms with van der Waals surface area (Å²) in [5.41, 5.74) is 1.01. The first-order valence-corrected chi connectivity index (χ1v) is 8.09. The van der Waals surface area contributed by atoms with Crippen molar-refractivity contribution >= 4 is 62.2 Å². The normalized spacial score (nSPS) is 11.0. The number of rotatable bonds is 3. The van der Waals surface area contributed by atoms with Crippen LogP contribution in [-0.2, 0) is 6.54 Å². The van der Waals surface area contributed by atoms with Gasteiger partial charge in [-0.05, 0) is 42.3 Å². The van der Waals surface area contributed by atoms with Gasteiger partial charge < -0.3 is 5.32 Å². The third kappa shape index (κ3) is 3.24. The van der Waals surface area contributed by atoms with Gasteiger partial charge in [0.15, 0.2) is 0 Å². The number of aromatic nitrogens is 2. The van der Waals surface area contributed by atoms with Gasteiger partial charge in [0.2, 0.25) is 5.28 Å². The second kappa shape index (κ2) is 5.97. The van der Waals surface area contributed by atoms with Crippen molar-refractivity contribution in [2.45, 2.75) is 13.5 Å². The van der Waals surface area contributed by atoms with Gasteiger partial charge in [-0.3, -0.25) is 0 Å². The molecule has 0 saturated carbocycles. The predicted octanol–water partition coefficient (Wildman–Crippen LogP) is 5.57. The van der Waals surface area contributed by atoms with Crippen LogP contribution in [0.15, 0.2) is 24.3 Å². The average Bonchev–Trinajstić information content (AvgIpc) is 2.80. The number of halogens is 3. The van der Waals surface area contributed by atoms with E-state index in [4.69, 9.17) is 34.8 Å². The Morgan fingerprint density at radius 2 is 1.90 bits per heavy atom. The Labute approximate surface area is 140 Å². The quantitative estimate of drug-likeness (QED) is 0.622. The van der Waals surface area contributed by atoms with Crippen LogP contribution < -0.4 is 5.32 Å². The Hall–Kier alpha value is -1.07. The van der Waals surface area contributed by atoms with Crippen LogP contribution in [0.5, 0.6) is 0 Å². The lowest BCUT2D eigenvalue weighted by molar-refractivity contribution is 1.11. The van der Waals surface area contributed by atoms with Crippen LogP contribution in [0.4, 0.5) is 5.82 Å². The molecule has 1 N–H and O–H groups in total. The molecular formula is C14H10Cl3N3S. The smallest absolute Gasteiger partial charge is 0.225 e. The van der Waals surface area contributed by atoms with Crippen molar-refractivity contribution in [2.24, 2.45) is 0 Å². The third-order valence-electron chi connectivity index (χ3n) is 2.93. The van der Waals surface area contributed by atoms with Crippen molar-refractivity contribution < 1.29 is 0 Å². The zero-order valence-electron chi connectivity index (χ0n) is 11.0. The van der Waals surface area contributed by atoms with E-state index in [1.54, 1.807) is 17.4 Å². The lowest BCUT2D eigenvalue weighted by Gasteiger charge is -2.08. The van der Waals surface area contributed by atoms with E-state index in [2.05, 4.69) is 15.3 Å². The second-order valence-electron chi connectivity index (χ2n) is 4.52. The monoisotopic (exact) mass is 357 g/mol. The number of nitrogens with zero attached hydrogens (tertiary/aromatic N) is 2. The van der Waals surface area contributed by atoms with Crippen LogP contribution >= 0.6 is 46.1 Å². The molecule has 0 spiro atoms. The van der Waals surface area contributed by atoms with Crippen molar-refractivity contribution in [3.8, 4) is 0 Å². The number of hydrogen-bond donors (Lipinski definition) is 1. The van der Waals surface area contributed by atoms with Gasteiger partial charge in [-0.1, -0.05) is 29.3 Å². The lowest BCUT2D eigenvalue weighted by atomic mass is 10.2. The van der Waals surface area contributed by atoms with Gasteiger partial charge in [0.05, 0.1) is 15.4 Å². The topological polar surface area (TPSA) is 37.8 Å². The molecule has 21 heavy (non-hydrogen) atoms. The molecule has 0 atom stereocenters. The van der Waals surface area contributed by atoms with Crippen molar-refractivity contribution in [2.75, 3.05) is 5.32 Å². The van der Waals surface area contributed by atoms with Gasteiger partial charge in [0, 0.05) is 11.4 Å². The molecule has 2 aromatic heterocycles. The highest BCUT2D eigenvalue weighted by molar-refractivity contribution is 7.18. The first kappa shape index (κ1) is 14.9. The fourth-order valence-corrected chi connectivity index (χ4v) is 3.41. The van der Waals surface area contributed by atoms with E-state index in [0.29, 0.717) is 16.6 Å². The molecule has 0 saturated heterocycles. The van der Waals surface area contributed by atoms with Crippen molar-refractivity contribution in [1.82, 2.24) is 9.97 Å². The van der Waals surface area contributed by atoms with Gasteiger partial charge in [0.1, 0.15) is 10.6 Å². The summed E-state index contributed by atoms with van der Waals surface area (Å²) in [4.78, 5) is 10.5. The Morgan fingerprint density at radius 3 is 2.67 bits per heavy atom. The maximum absolute atomic E-state index is 6.01. The van der Waals surface area contributed by atoms with Crippen molar-refractivity contribution in [3.63, 3.8) is 0 Å². The Morgan fingerprint density at radius 1 is 1.10 bits per heavy atom. The summed E-state index contributed by atoms with van der Waals surface area (Å²) in [7, 11) is 0. The first-order valence-electron chi connectivity index (χ1n) is 6.14. The molecule has 2 heterocycles. The largest absolute Gasteiger partial charge is 0.365 e. The van der Waals surface area contributed by atoms with E-state index >= 15 is 0 Å². The molecule has 1 aromatic carbocycles. The van der Waals surface area contributed by atoms with E-state index in [9.17, 15) is 0 Å². The minimum absolute atomic E-state index is 0.237. The van der Waals surface area contributed by atoms with Crippen molar-refractivity contribution in [1.29, 1.82) is 0 Å². The van der Waals surface area contributed by atoms with E-state index in [-0.39, 0.29) is 5.28 Å². The third-order valence-corrected chi connectivity index (χ3v) is 4.79. The van der Waals surface area contributed by atoms with E-state index in [1.165, 1.54) is 4.88 Å². The number of aryl methyl sites for hydroxylation is 1. The highest BCUT2D eigenvalue weighted by Gasteiger charge is 2.09. The maximum Gasteiger partial charge on any atom is 0.225 e. The standard InChI is InChI=1S/C14H10Cl3N3S/c1-7-4-9-12(19-14(17)20-13(9)21-7)18-6-8-2-3-10(15)11(16)5-8/h2-5H,6H2,1H3,(H,18,19,20). The minimum atomic E-state index is 0.237. The summed E-state index contributed by atoms with van der Waals surface area (Å²) in [5.74, 6) is 0.723. The zero-order valence-corrected chi connectivity index (χ0v) is 14.0. The summed E-state index contributed by atoms with van der Waals surface area (Å²) >= 11 is 19.5. The molecule has 0 aliphatic carbocycles. The number of nitrogens with one attached hydrogen (secondary N) is 1. The summed E-state index contributed by atoms with van der Waals surface area (Å²) in [6, 6.07) is 7.57. The summed E-state index contributed by atoms with van der Waals surface area (Å²) in [5, 5.41) is 5.56. The summed E-state index contributed by atoms with van der Waals surface area (Å²) < 4.78 is 0. The van der Waals surface area contributed by atoms with Crippen LogP contribution in [0.1, 0.15) is 10.4 Å². The zero-order chi connectivity index (χ0) is 15.0. The molecule has 0 aliphatic heterocycles. The molecule has 108 valence electrons. The van der Waals surface area contributed by atoms with Crippen LogP contribution in [-0.4, -0.2) is 9.97 Å². The Kier molecular flexibility index (Phi) is 4.22. The van der Waals surface area contributed by atoms with E-state index < -0.39 is 0 Å². The van der Waals surface area contributed by atoms with Gasteiger partial charge >= 0.3 is 0 Å². The van der Waals surface area contributed by atoms with Gasteiger partial charge in [0.25, 0.3) is 0 Å².